The van der Waals surface area contributed by atoms with Gasteiger partial charge < -0.3 is 10.2 Å². The van der Waals surface area contributed by atoms with Gasteiger partial charge in [-0.3, -0.25) is 0 Å². The first-order valence-corrected chi connectivity index (χ1v) is 8.64. The average molecular weight is 327 g/mol. The van der Waals surface area contributed by atoms with Crippen LogP contribution in [0.3, 0.4) is 0 Å². The fraction of sp³-hybridized carbons (Fsp3) is 0.357. The zero-order valence-corrected chi connectivity index (χ0v) is 13.0. The van der Waals surface area contributed by atoms with E-state index >= 15 is 0 Å². The molecule has 0 aromatic heterocycles. The van der Waals surface area contributed by atoms with Gasteiger partial charge in [-0.2, -0.15) is 4.31 Å². The van der Waals surface area contributed by atoms with E-state index in [0.717, 1.165) is 6.26 Å². The van der Waals surface area contributed by atoms with Crippen molar-refractivity contribution in [1.82, 2.24) is 14.5 Å². The number of halogens is 1. The number of urea groups is 1. The first kappa shape index (κ1) is 16.4. The Hall–Kier alpha value is -1.93. The monoisotopic (exact) mass is 327 g/mol. The number of hydrogen-bond acceptors (Lipinski definition) is 3. The van der Waals surface area contributed by atoms with Gasteiger partial charge >= 0.3 is 6.03 Å². The Morgan fingerprint density at radius 2 is 1.95 bits per heavy atom. The number of nitrogens with zero attached hydrogens (tertiary/aromatic N) is 2. The molecule has 0 bridgehead atoms. The highest BCUT2D eigenvalue weighted by Crippen LogP contribution is 2.07. The van der Waals surface area contributed by atoms with E-state index in [-0.39, 0.29) is 11.8 Å². The van der Waals surface area contributed by atoms with Crippen LogP contribution in [0.5, 0.6) is 0 Å². The fourth-order valence-corrected chi connectivity index (χ4v) is 2.96. The number of nitrogens with one attached hydrogen (secondary N) is 1. The van der Waals surface area contributed by atoms with Crippen molar-refractivity contribution in [3.8, 4) is 0 Å². The maximum atomic E-state index is 13.0. The van der Waals surface area contributed by atoms with Gasteiger partial charge in [0.15, 0.2) is 0 Å². The predicted molar refractivity (Wildman–Crippen MR) is 82.0 cm³/mol. The molecule has 8 heteroatoms. The summed E-state index contributed by atoms with van der Waals surface area (Å²) in [5, 5.41) is 2.59. The maximum Gasteiger partial charge on any atom is 0.321 e. The summed E-state index contributed by atoms with van der Waals surface area (Å²) in [6.45, 7) is 1.26. The second kappa shape index (κ2) is 6.89. The number of sulfonamides is 1. The van der Waals surface area contributed by atoms with Crippen LogP contribution in [0.2, 0.25) is 0 Å². The van der Waals surface area contributed by atoms with E-state index in [0.29, 0.717) is 31.7 Å². The Labute approximate surface area is 129 Å². The van der Waals surface area contributed by atoms with E-state index in [4.69, 9.17) is 0 Å². The highest BCUT2D eigenvalue weighted by Gasteiger charge is 2.25. The zero-order valence-electron chi connectivity index (χ0n) is 12.2. The summed E-state index contributed by atoms with van der Waals surface area (Å²) in [5.74, 6) is -0.342. The first-order valence-electron chi connectivity index (χ1n) is 6.79. The summed E-state index contributed by atoms with van der Waals surface area (Å²) in [5.41, 5.74) is 0.641. The van der Waals surface area contributed by atoms with Gasteiger partial charge in [-0.15, -0.1) is 0 Å². The second-order valence-electron chi connectivity index (χ2n) is 4.99. The van der Waals surface area contributed by atoms with Crippen LogP contribution in [0.15, 0.2) is 30.5 Å². The van der Waals surface area contributed by atoms with Gasteiger partial charge in [-0.25, -0.2) is 17.6 Å². The minimum absolute atomic E-state index is 0.292. The lowest BCUT2D eigenvalue weighted by Crippen LogP contribution is -2.52. The Bertz CT molecular complexity index is 668. The molecular formula is C14H18FN3O3S. The predicted octanol–water partition coefficient (Wildman–Crippen LogP) is 1.08. The molecule has 2 rings (SSSR count). The molecule has 1 aromatic carbocycles. The van der Waals surface area contributed by atoms with Crippen LogP contribution in [-0.2, 0) is 10.0 Å². The van der Waals surface area contributed by atoms with E-state index in [1.165, 1.54) is 27.5 Å². The van der Waals surface area contributed by atoms with E-state index < -0.39 is 10.0 Å². The third-order valence-electron chi connectivity index (χ3n) is 3.33. The highest BCUT2D eigenvalue weighted by atomic mass is 32.2. The van der Waals surface area contributed by atoms with Crippen LogP contribution >= 0.6 is 0 Å². The standard InChI is InChI=1S/C14H18FN3O3S/c1-22(20,21)18-9-7-17(8-10-18)14(19)16-6-5-12-3-2-4-13(15)11-12/h2-6,11H,7-10H2,1H3,(H,16,19)/b6-5+. The minimum Gasteiger partial charge on any atom is -0.322 e. The smallest absolute Gasteiger partial charge is 0.321 e. The highest BCUT2D eigenvalue weighted by molar-refractivity contribution is 7.88. The molecule has 2 amide bonds. The number of amides is 2. The molecule has 22 heavy (non-hydrogen) atoms. The first-order chi connectivity index (χ1) is 10.4. The lowest BCUT2D eigenvalue weighted by Gasteiger charge is -2.32. The van der Waals surface area contributed by atoms with Gasteiger partial charge in [0.1, 0.15) is 5.82 Å². The van der Waals surface area contributed by atoms with Crippen LogP contribution in [0.1, 0.15) is 5.56 Å². The largest absolute Gasteiger partial charge is 0.322 e. The Balaban J connectivity index is 1.84. The number of benzene rings is 1. The van der Waals surface area contributed by atoms with E-state index in [1.807, 2.05) is 0 Å². The van der Waals surface area contributed by atoms with Gasteiger partial charge in [0.05, 0.1) is 6.26 Å². The van der Waals surface area contributed by atoms with Gasteiger partial charge in [0.25, 0.3) is 0 Å². The molecule has 1 aliphatic heterocycles. The molecule has 1 N–H and O–H groups in total. The second-order valence-corrected chi connectivity index (χ2v) is 6.97. The number of rotatable bonds is 3. The molecule has 120 valence electrons. The molecule has 1 aromatic rings. The normalized spacial score (nSPS) is 16.9. The molecule has 1 saturated heterocycles. The Morgan fingerprint density at radius 1 is 1.27 bits per heavy atom. The van der Waals surface area contributed by atoms with Crippen molar-refractivity contribution in [2.75, 3.05) is 32.4 Å². The number of carbonyl (C=O) groups excluding carboxylic acids is 1. The van der Waals surface area contributed by atoms with Gasteiger partial charge in [0, 0.05) is 32.4 Å². The van der Waals surface area contributed by atoms with E-state index in [2.05, 4.69) is 5.32 Å². The van der Waals surface area contributed by atoms with Crippen molar-refractivity contribution in [1.29, 1.82) is 0 Å². The minimum atomic E-state index is -3.21. The van der Waals surface area contributed by atoms with Gasteiger partial charge in [-0.05, 0) is 23.8 Å². The maximum absolute atomic E-state index is 13.0. The van der Waals surface area contributed by atoms with Crippen molar-refractivity contribution in [3.63, 3.8) is 0 Å². The van der Waals surface area contributed by atoms with E-state index in [9.17, 15) is 17.6 Å². The van der Waals surface area contributed by atoms with Gasteiger partial charge in [-0.1, -0.05) is 12.1 Å². The zero-order chi connectivity index (χ0) is 16.2. The average Bonchev–Trinajstić information content (AvgIpc) is 2.46. The number of piperazine rings is 1. The van der Waals surface area contributed by atoms with Crippen LogP contribution in [0.25, 0.3) is 6.08 Å². The van der Waals surface area contributed by atoms with Gasteiger partial charge in [0.2, 0.25) is 10.0 Å². The lowest BCUT2D eigenvalue weighted by molar-refractivity contribution is 0.176. The summed E-state index contributed by atoms with van der Waals surface area (Å²) >= 11 is 0. The molecule has 0 radical (unpaired) electrons. The molecule has 0 atom stereocenters. The SMILES string of the molecule is CS(=O)(=O)N1CCN(C(=O)N/C=C/c2cccc(F)c2)CC1. The Kier molecular flexibility index (Phi) is 5.15. The molecular weight excluding hydrogens is 309 g/mol. The molecule has 6 nitrogen and oxygen atoms in total. The molecule has 1 fully saturated rings. The van der Waals surface area contributed by atoms with Crippen molar-refractivity contribution in [2.45, 2.75) is 0 Å². The summed E-state index contributed by atoms with van der Waals surface area (Å²) in [4.78, 5) is 13.5. The summed E-state index contributed by atoms with van der Waals surface area (Å²) in [6, 6.07) is 5.70. The van der Waals surface area contributed by atoms with Crippen molar-refractivity contribution < 1.29 is 17.6 Å². The van der Waals surface area contributed by atoms with Crippen LogP contribution < -0.4 is 5.32 Å². The topological polar surface area (TPSA) is 69.7 Å². The van der Waals surface area contributed by atoms with Crippen molar-refractivity contribution >= 4 is 22.1 Å². The quantitative estimate of drug-likeness (QED) is 0.903. The van der Waals surface area contributed by atoms with Crippen LogP contribution in [0, 0.1) is 5.82 Å². The molecule has 0 spiro atoms. The molecule has 0 aliphatic carbocycles. The summed E-state index contributed by atoms with van der Waals surface area (Å²) in [7, 11) is -3.21. The molecule has 1 heterocycles. The third-order valence-corrected chi connectivity index (χ3v) is 4.63. The molecule has 0 unspecified atom stereocenters. The van der Waals surface area contributed by atoms with Crippen LogP contribution in [0.4, 0.5) is 9.18 Å². The van der Waals surface area contributed by atoms with Crippen molar-refractivity contribution in [3.05, 3.63) is 41.8 Å². The summed E-state index contributed by atoms with van der Waals surface area (Å²) < 4.78 is 37.1. The molecule has 0 saturated carbocycles. The number of hydrogen-bond donors (Lipinski definition) is 1. The van der Waals surface area contributed by atoms with Crippen LogP contribution in [-0.4, -0.2) is 56.1 Å². The van der Waals surface area contributed by atoms with Crippen molar-refractivity contribution in [2.24, 2.45) is 0 Å². The third kappa shape index (κ3) is 4.54. The van der Waals surface area contributed by atoms with E-state index in [1.54, 1.807) is 18.2 Å². The number of carbonyl (C=O) groups is 1. The summed E-state index contributed by atoms with van der Waals surface area (Å²) in [6.07, 6.45) is 4.19. The Morgan fingerprint density at radius 3 is 2.55 bits per heavy atom. The molecule has 1 aliphatic rings. The fourth-order valence-electron chi connectivity index (χ4n) is 2.13. The lowest BCUT2D eigenvalue weighted by atomic mass is 10.2.